The van der Waals surface area contributed by atoms with E-state index in [1.807, 2.05) is 0 Å². The van der Waals surface area contributed by atoms with Gasteiger partial charge in [0, 0.05) is 6.26 Å². The number of ether oxygens (including phenoxy) is 1. The zero-order chi connectivity index (χ0) is 17.5. The highest BCUT2D eigenvalue weighted by Gasteiger charge is 2.39. The van der Waals surface area contributed by atoms with E-state index in [0.717, 1.165) is 6.26 Å². The molecule has 2 aliphatic heterocycles. The molecule has 9 heteroatoms. The number of carbonyl (C=O) groups excluding carboxylic acids is 1. The highest BCUT2D eigenvalue weighted by molar-refractivity contribution is 7.92. The molecular weight excluding hydrogens is 354 g/mol. The van der Waals surface area contributed by atoms with Gasteiger partial charge in [0.1, 0.15) is 17.6 Å². The lowest BCUT2D eigenvalue weighted by molar-refractivity contribution is -0.118. The molecule has 132 valence electrons. The summed E-state index contributed by atoms with van der Waals surface area (Å²) in [5.74, 6) is -0.0932. The zero-order valence-corrected chi connectivity index (χ0v) is 14.9. The molecule has 1 aromatic rings. The molecule has 3 rings (SSSR count). The van der Waals surface area contributed by atoms with Crippen molar-refractivity contribution in [3.05, 3.63) is 18.2 Å². The summed E-state index contributed by atoms with van der Waals surface area (Å²) in [7, 11) is -6.91. The number of amides is 1. The Morgan fingerprint density at radius 2 is 2.04 bits per heavy atom. The first kappa shape index (κ1) is 17.2. The first-order chi connectivity index (χ1) is 11.2. The van der Waals surface area contributed by atoms with Crippen LogP contribution in [-0.4, -0.2) is 53.2 Å². The lowest BCUT2D eigenvalue weighted by Gasteiger charge is -2.33. The minimum absolute atomic E-state index is 0.0178. The van der Waals surface area contributed by atoms with Gasteiger partial charge in [0.05, 0.1) is 22.9 Å². The molecule has 1 unspecified atom stereocenters. The molecule has 0 N–H and O–H groups in total. The summed E-state index contributed by atoms with van der Waals surface area (Å²) in [4.78, 5) is 14.2. The first-order valence-corrected chi connectivity index (χ1v) is 11.3. The average molecular weight is 373 g/mol. The van der Waals surface area contributed by atoms with E-state index in [4.69, 9.17) is 4.74 Å². The molecule has 1 aromatic carbocycles. The summed E-state index contributed by atoms with van der Waals surface area (Å²) in [6, 6.07) is 4.29. The molecule has 0 spiro atoms. The summed E-state index contributed by atoms with van der Waals surface area (Å²) in [5, 5.41) is -1.06. The van der Waals surface area contributed by atoms with E-state index in [1.54, 1.807) is 0 Å². The number of anilines is 1. The molecule has 1 amide bonds. The third kappa shape index (κ3) is 3.14. The number of fused-ring (bicyclic) bond motifs is 1. The lowest BCUT2D eigenvalue weighted by Crippen LogP contribution is -2.48. The Labute approximate surface area is 141 Å². The zero-order valence-electron chi connectivity index (χ0n) is 13.3. The van der Waals surface area contributed by atoms with Crippen LogP contribution in [0.1, 0.15) is 19.3 Å². The van der Waals surface area contributed by atoms with Gasteiger partial charge in [-0.25, -0.2) is 16.8 Å². The smallest absolute Gasteiger partial charge is 0.245 e. The Bertz CT molecular complexity index is 875. The summed E-state index contributed by atoms with van der Waals surface area (Å²) in [6.45, 7) is 0.439. The second-order valence-corrected chi connectivity index (χ2v) is 10.4. The predicted molar refractivity (Wildman–Crippen MR) is 88.8 cm³/mol. The molecule has 2 aliphatic rings. The summed E-state index contributed by atoms with van der Waals surface area (Å²) in [5.41, 5.74) is 0.315. The van der Waals surface area contributed by atoms with E-state index in [0.29, 0.717) is 30.7 Å². The van der Waals surface area contributed by atoms with Gasteiger partial charge in [-0.2, -0.15) is 0 Å². The van der Waals surface area contributed by atoms with E-state index < -0.39 is 30.8 Å². The van der Waals surface area contributed by atoms with Gasteiger partial charge in [0.15, 0.2) is 19.7 Å². The van der Waals surface area contributed by atoms with Crippen LogP contribution in [0.3, 0.4) is 0 Å². The molecule has 1 atom stereocenters. The van der Waals surface area contributed by atoms with Gasteiger partial charge >= 0.3 is 0 Å². The fourth-order valence-electron chi connectivity index (χ4n) is 3.06. The molecule has 0 aliphatic carbocycles. The maximum absolute atomic E-state index is 12.8. The number of benzene rings is 1. The van der Waals surface area contributed by atoms with Crippen molar-refractivity contribution >= 4 is 31.3 Å². The molecule has 7 nitrogen and oxygen atoms in total. The van der Waals surface area contributed by atoms with Gasteiger partial charge < -0.3 is 9.64 Å². The molecule has 0 bridgehead atoms. The lowest BCUT2D eigenvalue weighted by atomic mass is 10.1. The van der Waals surface area contributed by atoms with Crippen LogP contribution >= 0.6 is 0 Å². The first-order valence-electron chi connectivity index (χ1n) is 7.70. The Morgan fingerprint density at radius 3 is 2.71 bits per heavy atom. The van der Waals surface area contributed by atoms with Crippen molar-refractivity contribution in [3.8, 4) is 5.75 Å². The maximum atomic E-state index is 12.8. The number of hydrogen-bond donors (Lipinski definition) is 0. The molecule has 2 heterocycles. The fraction of sp³-hybridized carbons (Fsp3) is 0.533. The van der Waals surface area contributed by atoms with Gasteiger partial charge in [-0.1, -0.05) is 6.42 Å². The standard InChI is InChI=1S/C15H19NO6S2/c1-23(18,19)11-5-6-13-12(10-11)16(7-8-22-13)15(17)14-4-2-3-9-24(14,20)21/h5-6,10,14H,2-4,7-9H2,1H3. The molecular formula is C15H19NO6S2. The topological polar surface area (TPSA) is 97.8 Å². The van der Waals surface area contributed by atoms with Gasteiger partial charge in [-0.15, -0.1) is 0 Å². The molecule has 0 aromatic heterocycles. The van der Waals surface area contributed by atoms with Crippen molar-refractivity contribution in [3.63, 3.8) is 0 Å². The van der Waals surface area contributed by atoms with Gasteiger partial charge in [-0.05, 0) is 31.0 Å². The number of hydrogen-bond acceptors (Lipinski definition) is 6. The van der Waals surface area contributed by atoms with Crippen LogP contribution < -0.4 is 9.64 Å². The third-order valence-electron chi connectivity index (χ3n) is 4.34. The Hall–Kier alpha value is -1.61. The number of rotatable bonds is 2. The van der Waals surface area contributed by atoms with Crippen molar-refractivity contribution in [1.29, 1.82) is 0 Å². The summed E-state index contributed by atoms with van der Waals surface area (Å²) in [6.07, 6.45) is 2.65. The molecule has 1 fully saturated rings. The Kier molecular flexibility index (Phi) is 4.33. The quantitative estimate of drug-likeness (QED) is 0.760. The van der Waals surface area contributed by atoms with Gasteiger partial charge in [0.25, 0.3) is 0 Å². The molecule has 0 radical (unpaired) electrons. The maximum Gasteiger partial charge on any atom is 0.245 e. The highest BCUT2D eigenvalue weighted by Crippen LogP contribution is 2.35. The largest absolute Gasteiger partial charge is 0.490 e. The van der Waals surface area contributed by atoms with Crippen LogP contribution in [0.15, 0.2) is 23.1 Å². The van der Waals surface area contributed by atoms with Crippen molar-refractivity contribution in [2.75, 3.05) is 30.1 Å². The van der Waals surface area contributed by atoms with Crippen LogP contribution in [0.5, 0.6) is 5.75 Å². The van der Waals surface area contributed by atoms with E-state index in [9.17, 15) is 21.6 Å². The van der Waals surface area contributed by atoms with E-state index in [-0.39, 0.29) is 23.8 Å². The normalized spacial score (nSPS) is 23.2. The minimum atomic E-state index is -3.46. The van der Waals surface area contributed by atoms with Crippen LogP contribution in [0.4, 0.5) is 5.69 Å². The predicted octanol–water partition coefficient (Wildman–Crippen LogP) is 0.783. The van der Waals surface area contributed by atoms with Crippen LogP contribution in [-0.2, 0) is 24.5 Å². The van der Waals surface area contributed by atoms with Crippen LogP contribution in [0, 0.1) is 0 Å². The minimum Gasteiger partial charge on any atom is -0.490 e. The van der Waals surface area contributed by atoms with Gasteiger partial charge in [-0.3, -0.25) is 4.79 Å². The molecule has 1 saturated heterocycles. The van der Waals surface area contributed by atoms with Crippen LogP contribution in [0.2, 0.25) is 0 Å². The van der Waals surface area contributed by atoms with Crippen molar-refractivity contribution in [1.82, 2.24) is 0 Å². The van der Waals surface area contributed by atoms with Crippen molar-refractivity contribution in [2.45, 2.75) is 29.4 Å². The van der Waals surface area contributed by atoms with Crippen molar-refractivity contribution in [2.24, 2.45) is 0 Å². The van der Waals surface area contributed by atoms with E-state index in [1.165, 1.54) is 23.1 Å². The fourth-order valence-corrected chi connectivity index (χ4v) is 5.55. The average Bonchev–Trinajstić information content (AvgIpc) is 2.52. The van der Waals surface area contributed by atoms with Crippen LogP contribution in [0.25, 0.3) is 0 Å². The number of sulfone groups is 2. The number of carbonyl (C=O) groups is 1. The second kappa shape index (κ2) is 6.03. The van der Waals surface area contributed by atoms with Crippen molar-refractivity contribution < 1.29 is 26.4 Å². The van der Waals surface area contributed by atoms with E-state index in [2.05, 4.69) is 0 Å². The number of nitrogens with zero attached hydrogens (tertiary/aromatic N) is 1. The molecule has 0 saturated carbocycles. The Morgan fingerprint density at radius 1 is 1.29 bits per heavy atom. The monoisotopic (exact) mass is 373 g/mol. The third-order valence-corrected chi connectivity index (χ3v) is 7.61. The molecule has 24 heavy (non-hydrogen) atoms. The summed E-state index contributed by atoms with van der Waals surface area (Å²) < 4.78 is 53.5. The Balaban J connectivity index is 2.01. The summed E-state index contributed by atoms with van der Waals surface area (Å²) >= 11 is 0. The van der Waals surface area contributed by atoms with Gasteiger partial charge in [0.2, 0.25) is 5.91 Å². The SMILES string of the molecule is CS(=O)(=O)c1ccc2c(c1)N(C(=O)C1CCCCS1(=O)=O)CCO2. The second-order valence-electron chi connectivity index (χ2n) is 6.09. The highest BCUT2D eigenvalue weighted by atomic mass is 32.2. The van der Waals surface area contributed by atoms with E-state index >= 15 is 0 Å².